The minimum absolute atomic E-state index is 0.715. The molecule has 2 aromatic carbocycles. The number of anilines is 1. The Balaban J connectivity index is 2.13. The summed E-state index contributed by atoms with van der Waals surface area (Å²) in [6.07, 6.45) is 2.26. The molecule has 2 N–H and O–H groups in total. The lowest BCUT2D eigenvalue weighted by Crippen LogP contribution is -1.89. The minimum Gasteiger partial charge on any atom is -0.456 e. The van der Waals surface area contributed by atoms with Crippen LogP contribution in [0.15, 0.2) is 46.9 Å². The van der Waals surface area contributed by atoms with Crippen LogP contribution < -0.4 is 10.5 Å². The number of rotatable bonds is 4. The average Bonchev–Trinajstić information content (AvgIpc) is 2.35. The van der Waals surface area contributed by atoms with Crippen molar-refractivity contribution in [3.63, 3.8) is 0 Å². The molecule has 0 fully saturated rings. The molecule has 0 heterocycles. The van der Waals surface area contributed by atoms with Crippen LogP contribution in [0.3, 0.4) is 0 Å². The third kappa shape index (κ3) is 3.26. The fourth-order valence-corrected chi connectivity index (χ4v) is 2.22. The molecule has 0 unspecified atom stereocenters. The third-order valence-electron chi connectivity index (χ3n) is 2.65. The highest BCUT2D eigenvalue weighted by Crippen LogP contribution is 2.31. The maximum Gasteiger partial charge on any atom is 0.141 e. The molecule has 2 rings (SSSR count). The zero-order chi connectivity index (χ0) is 13.0. The molecule has 2 nitrogen and oxygen atoms in total. The zero-order valence-electron chi connectivity index (χ0n) is 10.3. The summed E-state index contributed by atoms with van der Waals surface area (Å²) in [7, 11) is 0. The third-order valence-corrected chi connectivity index (χ3v) is 3.27. The van der Waals surface area contributed by atoms with E-state index in [0.29, 0.717) is 5.69 Å². The number of nitrogens with two attached hydrogens (primary N) is 1. The first-order valence-corrected chi connectivity index (χ1v) is 6.80. The van der Waals surface area contributed by atoms with Crippen molar-refractivity contribution in [2.24, 2.45) is 0 Å². The van der Waals surface area contributed by atoms with E-state index in [9.17, 15) is 0 Å². The minimum atomic E-state index is 0.715. The van der Waals surface area contributed by atoms with Crippen molar-refractivity contribution in [2.45, 2.75) is 19.8 Å². The van der Waals surface area contributed by atoms with Gasteiger partial charge in [-0.3, -0.25) is 0 Å². The molecule has 18 heavy (non-hydrogen) atoms. The number of aryl methyl sites for hydroxylation is 1. The molecule has 0 atom stereocenters. The van der Waals surface area contributed by atoms with Crippen molar-refractivity contribution in [3.8, 4) is 11.5 Å². The van der Waals surface area contributed by atoms with Gasteiger partial charge in [-0.2, -0.15) is 0 Å². The van der Waals surface area contributed by atoms with Crippen LogP contribution in [-0.4, -0.2) is 0 Å². The van der Waals surface area contributed by atoms with Crippen molar-refractivity contribution >= 4 is 21.6 Å². The first-order valence-electron chi connectivity index (χ1n) is 6.01. The summed E-state index contributed by atoms with van der Waals surface area (Å²) in [5.74, 6) is 1.60. The average molecular weight is 306 g/mol. The van der Waals surface area contributed by atoms with E-state index in [1.165, 1.54) is 5.56 Å². The van der Waals surface area contributed by atoms with Crippen LogP contribution in [-0.2, 0) is 6.42 Å². The van der Waals surface area contributed by atoms with Gasteiger partial charge in [-0.25, -0.2) is 0 Å². The summed E-state index contributed by atoms with van der Waals surface area (Å²) in [5, 5.41) is 0. The topological polar surface area (TPSA) is 35.2 Å². The van der Waals surface area contributed by atoms with Crippen LogP contribution in [0.4, 0.5) is 5.69 Å². The van der Waals surface area contributed by atoms with E-state index in [1.807, 2.05) is 30.3 Å². The van der Waals surface area contributed by atoms with Crippen LogP contribution in [0, 0.1) is 0 Å². The van der Waals surface area contributed by atoms with Gasteiger partial charge in [-0.15, -0.1) is 0 Å². The normalized spacial score (nSPS) is 10.3. The van der Waals surface area contributed by atoms with Crippen LogP contribution in [0.1, 0.15) is 18.9 Å². The van der Waals surface area contributed by atoms with Gasteiger partial charge >= 0.3 is 0 Å². The van der Waals surface area contributed by atoms with E-state index < -0.39 is 0 Å². The molecule has 0 radical (unpaired) electrons. The van der Waals surface area contributed by atoms with Crippen LogP contribution >= 0.6 is 15.9 Å². The Bertz CT molecular complexity index is 523. The smallest absolute Gasteiger partial charge is 0.141 e. The SMILES string of the molecule is CCCc1ccc(Oc2ccc(N)cc2Br)cc1. The summed E-state index contributed by atoms with van der Waals surface area (Å²) in [6, 6.07) is 13.7. The highest BCUT2D eigenvalue weighted by atomic mass is 79.9. The summed E-state index contributed by atoms with van der Waals surface area (Å²) in [6.45, 7) is 2.18. The molecule has 0 amide bonds. The quantitative estimate of drug-likeness (QED) is 0.825. The Kier molecular flexibility index (Phi) is 4.26. The molecule has 0 bridgehead atoms. The Morgan fingerprint density at radius 1 is 1.11 bits per heavy atom. The maximum absolute atomic E-state index is 5.79. The number of hydrogen-bond donors (Lipinski definition) is 1. The number of ether oxygens (including phenoxy) is 1. The maximum atomic E-state index is 5.79. The highest BCUT2D eigenvalue weighted by molar-refractivity contribution is 9.10. The van der Waals surface area contributed by atoms with Gasteiger partial charge < -0.3 is 10.5 Å². The van der Waals surface area contributed by atoms with Gasteiger partial charge in [0, 0.05) is 5.69 Å². The number of nitrogen functional groups attached to an aromatic ring is 1. The molecule has 0 saturated carbocycles. The molecule has 0 aliphatic heterocycles. The Morgan fingerprint density at radius 2 is 1.83 bits per heavy atom. The van der Waals surface area contributed by atoms with Crippen molar-refractivity contribution in [1.29, 1.82) is 0 Å². The van der Waals surface area contributed by atoms with Crippen molar-refractivity contribution in [3.05, 3.63) is 52.5 Å². The van der Waals surface area contributed by atoms with Gasteiger partial charge in [0.1, 0.15) is 11.5 Å². The van der Waals surface area contributed by atoms with Crippen molar-refractivity contribution in [2.75, 3.05) is 5.73 Å². The van der Waals surface area contributed by atoms with Crippen LogP contribution in [0.25, 0.3) is 0 Å². The second-order valence-corrected chi connectivity index (χ2v) is 5.04. The Labute approximate surface area is 116 Å². The Morgan fingerprint density at radius 3 is 2.44 bits per heavy atom. The first kappa shape index (κ1) is 13.0. The number of hydrogen-bond acceptors (Lipinski definition) is 2. The summed E-state index contributed by atoms with van der Waals surface area (Å²) >= 11 is 3.44. The molecular weight excluding hydrogens is 290 g/mol. The standard InChI is InChI=1S/C15H16BrNO/c1-2-3-11-4-7-13(8-5-11)18-15-9-6-12(17)10-14(15)16/h4-10H,2-3,17H2,1H3. The fraction of sp³-hybridized carbons (Fsp3) is 0.200. The van der Waals surface area contributed by atoms with E-state index in [0.717, 1.165) is 28.8 Å². The molecule has 2 aromatic rings. The lowest BCUT2D eigenvalue weighted by Gasteiger charge is -2.09. The summed E-state index contributed by atoms with van der Waals surface area (Å²) in [4.78, 5) is 0. The lowest BCUT2D eigenvalue weighted by molar-refractivity contribution is 0.479. The van der Waals surface area contributed by atoms with Gasteiger partial charge in [-0.05, 0) is 58.2 Å². The highest BCUT2D eigenvalue weighted by Gasteiger charge is 2.03. The molecule has 94 valence electrons. The largest absolute Gasteiger partial charge is 0.456 e. The van der Waals surface area contributed by atoms with Crippen molar-refractivity contribution < 1.29 is 4.74 Å². The fourth-order valence-electron chi connectivity index (χ4n) is 1.74. The zero-order valence-corrected chi connectivity index (χ0v) is 11.9. The monoisotopic (exact) mass is 305 g/mol. The molecule has 0 aliphatic carbocycles. The molecule has 0 aliphatic rings. The van der Waals surface area contributed by atoms with E-state index >= 15 is 0 Å². The van der Waals surface area contributed by atoms with E-state index in [4.69, 9.17) is 10.5 Å². The van der Waals surface area contributed by atoms with Crippen LogP contribution in [0.2, 0.25) is 0 Å². The molecule has 0 aromatic heterocycles. The van der Waals surface area contributed by atoms with Gasteiger partial charge in [0.15, 0.2) is 0 Å². The van der Waals surface area contributed by atoms with E-state index in [2.05, 4.69) is 35.0 Å². The summed E-state index contributed by atoms with van der Waals surface area (Å²) < 4.78 is 6.66. The first-order chi connectivity index (χ1) is 8.69. The number of halogens is 1. The molecule has 0 saturated heterocycles. The Hall–Kier alpha value is -1.48. The predicted molar refractivity (Wildman–Crippen MR) is 79.1 cm³/mol. The van der Waals surface area contributed by atoms with Gasteiger partial charge in [0.2, 0.25) is 0 Å². The van der Waals surface area contributed by atoms with Crippen molar-refractivity contribution in [1.82, 2.24) is 0 Å². The molecule has 0 spiro atoms. The van der Waals surface area contributed by atoms with Gasteiger partial charge in [0.25, 0.3) is 0 Å². The van der Waals surface area contributed by atoms with E-state index in [1.54, 1.807) is 0 Å². The summed E-state index contributed by atoms with van der Waals surface area (Å²) in [5.41, 5.74) is 7.74. The van der Waals surface area contributed by atoms with Crippen LogP contribution in [0.5, 0.6) is 11.5 Å². The lowest BCUT2D eigenvalue weighted by atomic mass is 10.1. The second-order valence-electron chi connectivity index (χ2n) is 4.19. The van der Waals surface area contributed by atoms with Gasteiger partial charge in [-0.1, -0.05) is 25.5 Å². The van der Waals surface area contributed by atoms with Gasteiger partial charge in [0.05, 0.1) is 4.47 Å². The van der Waals surface area contributed by atoms with E-state index in [-0.39, 0.29) is 0 Å². The molecular formula is C15H16BrNO. The second kappa shape index (κ2) is 5.91. The molecule has 3 heteroatoms. The number of benzene rings is 2. The predicted octanol–water partition coefficient (Wildman–Crippen LogP) is 4.78.